The number of nitrogens with zero attached hydrogens (tertiary/aromatic N) is 3. The third-order valence-electron chi connectivity index (χ3n) is 6.65. The van der Waals surface area contributed by atoms with E-state index in [-0.39, 0.29) is 17.2 Å². The molecule has 5 rings (SSSR count). The maximum Gasteiger partial charge on any atom is 0.162 e. The third kappa shape index (κ3) is 5.40. The second-order valence-corrected chi connectivity index (χ2v) is 11.5. The maximum absolute atomic E-state index is 12.8. The number of carbonyl (C=O) groups excluding carboxylic acids is 1. The Morgan fingerprint density at radius 3 is 2.71 bits per heavy atom. The largest absolute Gasteiger partial charge is 0.383 e. The van der Waals surface area contributed by atoms with Gasteiger partial charge in [-0.05, 0) is 48.9 Å². The molecule has 0 amide bonds. The van der Waals surface area contributed by atoms with Gasteiger partial charge in [0.25, 0.3) is 0 Å². The van der Waals surface area contributed by atoms with Crippen molar-refractivity contribution in [3.05, 3.63) is 76.2 Å². The SMILES string of the molecule is CC(=O)c1cc(NC(C2=CN(C3CC3)NN2)c2ccccc2Cl)cc2c(NCC(C)(C)C)c(C#N)cnc12. The topological polar surface area (TPSA) is 105 Å². The summed E-state index contributed by atoms with van der Waals surface area (Å²) in [4.78, 5) is 17.3. The average Bonchev–Trinajstić information content (AvgIpc) is 3.61. The van der Waals surface area contributed by atoms with Gasteiger partial charge in [0.2, 0.25) is 0 Å². The van der Waals surface area contributed by atoms with Crippen molar-refractivity contribution >= 4 is 39.7 Å². The van der Waals surface area contributed by atoms with E-state index < -0.39 is 0 Å². The molecule has 1 aromatic heterocycles. The summed E-state index contributed by atoms with van der Waals surface area (Å²) < 4.78 is 0. The van der Waals surface area contributed by atoms with Gasteiger partial charge in [-0.15, -0.1) is 5.53 Å². The van der Waals surface area contributed by atoms with E-state index in [0.717, 1.165) is 29.8 Å². The van der Waals surface area contributed by atoms with Gasteiger partial charge in [-0.1, -0.05) is 50.6 Å². The number of nitrogens with one attached hydrogen (secondary N) is 4. The predicted molar refractivity (Wildman–Crippen MR) is 151 cm³/mol. The monoisotopic (exact) mass is 529 g/mol. The molecule has 2 aliphatic rings. The lowest BCUT2D eigenvalue weighted by Gasteiger charge is -2.24. The van der Waals surface area contributed by atoms with Crippen LogP contribution in [-0.2, 0) is 0 Å². The number of benzene rings is 2. The Labute approximate surface area is 228 Å². The van der Waals surface area contributed by atoms with Crippen molar-refractivity contribution in [3.8, 4) is 6.07 Å². The fourth-order valence-corrected chi connectivity index (χ4v) is 4.77. The smallest absolute Gasteiger partial charge is 0.162 e. The summed E-state index contributed by atoms with van der Waals surface area (Å²) in [5, 5.41) is 20.3. The van der Waals surface area contributed by atoms with Gasteiger partial charge in [0.05, 0.1) is 28.5 Å². The Kier molecular flexibility index (Phi) is 6.91. The van der Waals surface area contributed by atoms with Crippen LogP contribution in [0.4, 0.5) is 11.4 Å². The van der Waals surface area contributed by atoms with E-state index in [0.29, 0.717) is 45.3 Å². The Hall–Kier alpha value is -3.80. The summed E-state index contributed by atoms with van der Waals surface area (Å²) in [6, 6.07) is 13.9. The Bertz CT molecular complexity index is 1470. The molecule has 9 heteroatoms. The number of hydrogen-bond acceptors (Lipinski definition) is 8. The molecule has 1 fully saturated rings. The van der Waals surface area contributed by atoms with Gasteiger partial charge in [-0.2, -0.15) is 5.26 Å². The minimum absolute atomic E-state index is 0.0161. The highest BCUT2D eigenvalue weighted by atomic mass is 35.5. The van der Waals surface area contributed by atoms with E-state index in [1.807, 2.05) is 36.4 Å². The van der Waals surface area contributed by atoms with Gasteiger partial charge in [0.1, 0.15) is 6.07 Å². The summed E-state index contributed by atoms with van der Waals surface area (Å²) in [5.41, 5.74) is 11.2. The highest BCUT2D eigenvalue weighted by molar-refractivity contribution is 6.31. The highest BCUT2D eigenvalue weighted by Crippen LogP contribution is 2.37. The fourth-order valence-electron chi connectivity index (χ4n) is 4.52. The molecular formula is C29H32ClN7O. The molecule has 1 unspecified atom stereocenters. The van der Waals surface area contributed by atoms with Crippen molar-refractivity contribution in [1.29, 1.82) is 5.26 Å². The van der Waals surface area contributed by atoms with Crippen LogP contribution in [0.15, 0.2) is 54.5 Å². The number of halogens is 1. The van der Waals surface area contributed by atoms with Crippen molar-refractivity contribution in [2.75, 3.05) is 17.2 Å². The van der Waals surface area contributed by atoms with Gasteiger partial charge < -0.3 is 16.1 Å². The Morgan fingerprint density at radius 2 is 2.05 bits per heavy atom. The summed E-state index contributed by atoms with van der Waals surface area (Å²) >= 11 is 6.66. The van der Waals surface area contributed by atoms with Crippen LogP contribution in [0.1, 0.15) is 68.1 Å². The zero-order valence-corrected chi connectivity index (χ0v) is 22.8. The molecule has 0 spiro atoms. The first-order chi connectivity index (χ1) is 18.1. The first-order valence-electron chi connectivity index (χ1n) is 12.8. The van der Waals surface area contributed by atoms with E-state index in [4.69, 9.17) is 11.6 Å². The molecule has 0 saturated heterocycles. The summed E-state index contributed by atoms with van der Waals surface area (Å²) in [6.07, 6.45) is 5.89. The third-order valence-corrected chi connectivity index (χ3v) is 7.00. The fraction of sp³-hybridized carbons (Fsp3) is 0.345. The van der Waals surface area contributed by atoms with Crippen LogP contribution in [0.5, 0.6) is 0 Å². The van der Waals surface area contributed by atoms with Gasteiger partial charge in [0, 0.05) is 46.6 Å². The summed E-state index contributed by atoms with van der Waals surface area (Å²) in [6.45, 7) is 8.55. The quantitative estimate of drug-likeness (QED) is 0.267. The number of aromatic nitrogens is 1. The lowest BCUT2D eigenvalue weighted by Crippen LogP contribution is -2.38. The second-order valence-electron chi connectivity index (χ2n) is 11.1. The molecule has 4 N–H and O–H groups in total. The van der Waals surface area contributed by atoms with E-state index >= 15 is 0 Å². The minimum Gasteiger partial charge on any atom is -0.383 e. The molecule has 38 heavy (non-hydrogen) atoms. The lowest BCUT2D eigenvalue weighted by molar-refractivity contribution is 0.101. The van der Waals surface area contributed by atoms with E-state index in [2.05, 4.69) is 64.6 Å². The van der Waals surface area contributed by atoms with Crippen molar-refractivity contribution in [1.82, 2.24) is 21.0 Å². The number of pyridine rings is 1. The molecule has 2 heterocycles. The second kappa shape index (κ2) is 10.2. The summed E-state index contributed by atoms with van der Waals surface area (Å²) in [7, 11) is 0. The number of carbonyl (C=O) groups is 1. The van der Waals surface area contributed by atoms with Crippen molar-refractivity contribution in [3.63, 3.8) is 0 Å². The molecule has 0 bridgehead atoms. The number of ketones is 1. The minimum atomic E-state index is -0.324. The first kappa shape index (κ1) is 25.8. The molecule has 196 valence electrons. The highest BCUT2D eigenvalue weighted by Gasteiger charge is 2.33. The van der Waals surface area contributed by atoms with Crippen LogP contribution in [0.3, 0.4) is 0 Å². The molecule has 1 aliphatic heterocycles. The molecule has 8 nitrogen and oxygen atoms in total. The van der Waals surface area contributed by atoms with Crippen molar-refractivity contribution < 1.29 is 4.79 Å². The number of anilines is 2. The Morgan fingerprint density at radius 1 is 1.29 bits per heavy atom. The van der Waals surface area contributed by atoms with E-state index in [1.54, 1.807) is 0 Å². The molecule has 0 radical (unpaired) electrons. The van der Waals surface area contributed by atoms with Gasteiger partial charge in [-0.25, -0.2) is 0 Å². The molecular weight excluding hydrogens is 498 g/mol. The number of hydrogen-bond donors (Lipinski definition) is 4. The van der Waals surface area contributed by atoms with E-state index in [9.17, 15) is 10.1 Å². The van der Waals surface area contributed by atoms with E-state index in [1.165, 1.54) is 13.1 Å². The van der Waals surface area contributed by atoms with Gasteiger partial charge in [-0.3, -0.25) is 14.8 Å². The van der Waals surface area contributed by atoms with Gasteiger partial charge >= 0.3 is 0 Å². The molecule has 2 aromatic carbocycles. The predicted octanol–water partition coefficient (Wildman–Crippen LogP) is 5.90. The maximum atomic E-state index is 12.8. The van der Waals surface area contributed by atoms with Crippen LogP contribution in [-0.4, -0.2) is 28.4 Å². The van der Waals surface area contributed by atoms with Crippen molar-refractivity contribution in [2.24, 2.45) is 5.41 Å². The van der Waals surface area contributed by atoms with Gasteiger partial charge in [0.15, 0.2) is 5.78 Å². The number of rotatable bonds is 8. The van der Waals surface area contributed by atoms with Crippen molar-refractivity contribution in [2.45, 2.75) is 52.6 Å². The van der Waals surface area contributed by atoms with Crippen LogP contribution in [0, 0.1) is 16.7 Å². The standard InChI is InChI=1S/C29H32ClN7O/c1-17(38)22-11-19(12-23-26(33-16-29(2,3)4)18(13-31)14-32-27(22)23)34-28(21-7-5-6-8-24(21)30)25-15-37(36-35-25)20-9-10-20/h5-8,11-12,14-15,20,28,34-36H,9-10,16H2,1-4H3,(H,32,33). The summed E-state index contributed by atoms with van der Waals surface area (Å²) in [5.74, 6) is -0.105. The molecule has 1 aliphatic carbocycles. The number of fused-ring (bicyclic) bond motifs is 1. The van der Waals surface area contributed by atoms with Crippen LogP contribution in [0.2, 0.25) is 5.02 Å². The lowest BCUT2D eigenvalue weighted by atomic mass is 9.96. The zero-order valence-electron chi connectivity index (χ0n) is 22.0. The molecule has 1 saturated carbocycles. The number of nitriles is 1. The average molecular weight is 530 g/mol. The van der Waals surface area contributed by atoms with Crippen LogP contribution < -0.4 is 21.6 Å². The van der Waals surface area contributed by atoms with Crippen LogP contribution in [0.25, 0.3) is 10.9 Å². The molecule has 1 atom stereocenters. The Balaban J connectivity index is 1.62. The first-order valence-corrected chi connectivity index (χ1v) is 13.2. The van der Waals surface area contributed by atoms with Crippen LogP contribution >= 0.6 is 11.6 Å². The zero-order chi connectivity index (χ0) is 27.0. The number of Topliss-reactive ketones (excluding diaryl/α,β-unsaturated/α-hetero) is 1. The number of hydrazine groups is 2. The molecule has 3 aromatic rings. The normalized spacial score (nSPS) is 16.0.